The first kappa shape index (κ1) is 13.3. The number of β-amino-alcohol motifs (C(OH)–C–C–N with tert-alkyl or cyclic N) is 2. The Labute approximate surface area is 97.9 Å². The van der Waals surface area contributed by atoms with E-state index in [-0.39, 0.29) is 5.41 Å². The van der Waals surface area contributed by atoms with Crippen LogP contribution in [0.5, 0.6) is 0 Å². The molecule has 0 aromatic rings. The SMILES string of the molecule is CC(C)(C)C(CS)CN1CC(O)C(O)C1. The molecule has 1 heterocycles. The molecule has 90 valence electrons. The average Bonchev–Trinajstić information content (AvgIpc) is 2.40. The van der Waals surface area contributed by atoms with E-state index in [2.05, 4.69) is 38.3 Å². The highest BCUT2D eigenvalue weighted by Gasteiger charge is 2.33. The second kappa shape index (κ2) is 5.04. The third kappa shape index (κ3) is 3.63. The Bertz CT molecular complexity index is 195. The van der Waals surface area contributed by atoms with Crippen LogP contribution in [0.3, 0.4) is 0 Å². The summed E-state index contributed by atoms with van der Waals surface area (Å²) in [6, 6.07) is 0. The van der Waals surface area contributed by atoms with E-state index in [9.17, 15) is 10.2 Å². The number of aliphatic hydroxyl groups is 2. The Hall–Kier alpha value is 0.230. The highest BCUT2D eigenvalue weighted by Crippen LogP contribution is 2.28. The van der Waals surface area contributed by atoms with Crippen LogP contribution in [0, 0.1) is 11.3 Å². The van der Waals surface area contributed by atoms with Crippen molar-refractivity contribution in [1.82, 2.24) is 4.90 Å². The molecule has 1 saturated heterocycles. The third-order valence-electron chi connectivity index (χ3n) is 3.26. The van der Waals surface area contributed by atoms with Gasteiger partial charge >= 0.3 is 0 Å². The van der Waals surface area contributed by atoms with E-state index in [0.717, 1.165) is 12.3 Å². The van der Waals surface area contributed by atoms with Crippen LogP contribution in [-0.4, -0.2) is 52.7 Å². The zero-order chi connectivity index (χ0) is 11.6. The molecule has 3 nitrogen and oxygen atoms in total. The molecule has 0 bridgehead atoms. The first-order valence-electron chi connectivity index (χ1n) is 5.54. The lowest BCUT2D eigenvalue weighted by molar-refractivity contribution is 0.0572. The Morgan fingerprint density at radius 1 is 1.27 bits per heavy atom. The molecule has 1 aliphatic rings. The highest BCUT2D eigenvalue weighted by molar-refractivity contribution is 7.80. The van der Waals surface area contributed by atoms with E-state index in [1.807, 2.05) is 0 Å². The molecule has 3 atom stereocenters. The fraction of sp³-hybridized carbons (Fsp3) is 1.00. The van der Waals surface area contributed by atoms with Crippen molar-refractivity contribution >= 4 is 12.6 Å². The van der Waals surface area contributed by atoms with Crippen LogP contribution in [0.2, 0.25) is 0 Å². The lowest BCUT2D eigenvalue weighted by atomic mass is 9.81. The smallest absolute Gasteiger partial charge is 0.0938 e. The normalized spacial score (nSPS) is 30.8. The fourth-order valence-electron chi connectivity index (χ4n) is 1.91. The minimum Gasteiger partial charge on any atom is -0.389 e. The van der Waals surface area contributed by atoms with E-state index in [1.165, 1.54) is 0 Å². The molecule has 1 rings (SSSR count). The summed E-state index contributed by atoms with van der Waals surface area (Å²) in [5.74, 6) is 1.32. The molecule has 0 aromatic carbocycles. The Morgan fingerprint density at radius 3 is 2.07 bits per heavy atom. The van der Waals surface area contributed by atoms with Gasteiger partial charge in [0.15, 0.2) is 0 Å². The van der Waals surface area contributed by atoms with Crippen molar-refractivity contribution in [3.63, 3.8) is 0 Å². The van der Waals surface area contributed by atoms with Crippen LogP contribution in [-0.2, 0) is 0 Å². The quantitative estimate of drug-likeness (QED) is 0.626. The van der Waals surface area contributed by atoms with Gasteiger partial charge in [0.1, 0.15) is 0 Å². The molecular formula is C11H23NO2S. The van der Waals surface area contributed by atoms with Gasteiger partial charge in [-0.15, -0.1) is 0 Å². The number of nitrogens with zero attached hydrogens (tertiary/aromatic N) is 1. The summed E-state index contributed by atoms with van der Waals surface area (Å²) >= 11 is 4.38. The number of hydrogen-bond donors (Lipinski definition) is 3. The summed E-state index contributed by atoms with van der Waals surface area (Å²) in [7, 11) is 0. The van der Waals surface area contributed by atoms with Crippen LogP contribution >= 0.6 is 12.6 Å². The number of aliphatic hydroxyl groups excluding tert-OH is 2. The molecule has 0 aromatic heterocycles. The average molecular weight is 233 g/mol. The van der Waals surface area contributed by atoms with Gasteiger partial charge in [-0.3, -0.25) is 4.90 Å². The van der Waals surface area contributed by atoms with Crippen molar-refractivity contribution in [3.05, 3.63) is 0 Å². The van der Waals surface area contributed by atoms with Crippen molar-refractivity contribution in [2.75, 3.05) is 25.4 Å². The molecule has 3 unspecified atom stereocenters. The van der Waals surface area contributed by atoms with E-state index in [4.69, 9.17) is 0 Å². The van der Waals surface area contributed by atoms with Crippen molar-refractivity contribution in [1.29, 1.82) is 0 Å². The van der Waals surface area contributed by atoms with Crippen LogP contribution < -0.4 is 0 Å². The Kier molecular flexibility index (Phi) is 4.47. The summed E-state index contributed by atoms with van der Waals surface area (Å²) in [6.07, 6.45) is -1.16. The molecule has 4 heteroatoms. The Morgan fingerprint density at radius 2 is 1.73 bits per heavy atom. The van der Waals surface area contributed by atoms with Gasteiger partial charge in [0, 0.05) is 19.6 Å². The van der Waals surface area contributed by atoms with E-state index in [0.29, 0.717) is 19.0 Å². The van der Waals surface area contributed by atoms with Crippen molar-refractivity contribution in [3.8, 4) is 0 Å². The molecule has 0 amide bonds. The monoisotopic (exact) mass is 233 g/mol. The summed E-state index contributed by atoms with van der Waals surface area (Å²) in [4.78, 5) is 2.13. The van der Waals surface area contributed by atoms with Crippen LogP contribution in [0.4, 0.5) is 0 Å². The number of likely N-dealkylation sites (tertiary alicyclic amines) is 1. The first-order valence-corrected chi connectivity index (χ1v) is 6.17. The number of rotatable bonds is 3. The van der Waals surface area contributed by atoms with E-state index in [1.54, 1.807) is 0 Å². The van der Waals surface area contributed by atoms with Gasteiger partial charge in [-0.1, -0.05) is 20.8 Å². The predicted octanol–water partition coefficient (Wildman–Crippen LogP) is 0.616. The van der Waals surface area contributed by atoms with E-state index < -0.39 is 12.2 Å². The maximum absolute atomic E-state index is 9.45. The van der Waals surface area contributed by atoms with Crippen molar-refractivity contribution in [2.24, 2.45) is 11.3 Å². The standard InChI is InChI=1S/C11H23NO2S/c1-11(2,3)8(7-15)4-12-5-9(13)10(14)6-12/h8-10,13-15H,4-7H2,1-3H3. The summed E-state index contributed by atoms with van der Waals surface area (Å²) < 4.78 is 0. The maximum Gasteiger partial charge on any atom is 0.0938 e. The zero-order valence-electron chi connectivity index (χ0n) is 9.85. The molecule has 1 aliphatic heterocycles. The van der Waals surface area contributed by atoms with Gasteiger partial charge in [0.25, 0.3) is 0 Å². The van der Waals surface area contributed by atoms with Crippen LogP contribution in [0.1, 0.15) is 20.8 Å². The Balaban J connectivity index is 2.47. The second-order valence-electron chi connectivity index (χ2n) is 5.60. The molecule has 0 radical (unpaired) electrons. The fourth-order valence-corrected chi connectivity index (χ4v) is 2.58. The molecule has 0 spiro atoms. The maximum atomic E-state index is 9.45. The van der Waals surface area contributed by atoms with Crippen molar-refractivity contribution in [2.45, 2.75) is 33.0 Å². The molecule has 0 saturated carbocycles. The van der Waals surface area contributed by atoms with Gasteiger partial charge in [-0.2, -0.15) is 12.6 Å². The van der Waals surface area contributed by atoms with Gasteiger partial charge in [0.05, 0.1) is 12.2 Å². The van der Waals surface area contributed by atoms with Gasteiger partial charge in [-0.05, 0) is 17.1 Å². The molecule has 0 aliphatic carbocycles. The van der Waals surface area contributed by atoms with E-state index >= 15 is 0 Å². The summed E-state index contributed by atoms with van der Waals surface area (Å²) in [6.45, 7) is 8.69. The molecule has 1 fully saturated rings. The lowest BCUT2D eigenvalue weighted by Gasteiger charge is -2.32. The predicted molar refractivity (Wildman–Crippen MR) is 65.3 cm³/mol. The van der Waals surface area contributed by atoms with Gasteiger partial charge in [-0.25, -0.2) is 0 Å². The third-order valence-corrected chi connectivity index (χ3v) is 3.70. The summed E-state index contributed by atoms with van der Waals surface area (Å²) in [5.41, 5.74) is 0.222. The van der Waals surface area contributed by atoms with Crippen molar-refractivity contribution < 1.29 is 10.2 Å². The van der Waals surface area contributed by atoms with Gasteiger partial charge < -0.3 is 10.2 Å². The van der Waals surface area contributed by atoms with Gasteiger partial charge in [0.2, 0.25) is 0 Å². The second-order valence-corrected chi connectivity index (χ2v) is 5.96. The minimum atomic E-state index is -0.578. The lowest BCUT2D eigenvalue weighted by Crippen LogP contribution is -2.36. The molecule has 15 heavy (non-hydrogen) atoms. The summed E-state index contributed by atoms with van der Waals surface area (Å²) in [5, 5.41) is 18.9. The largest absolute Gasteiger partial charge is 0.389 e. The minimum absolute atomic E-state index is 0.222. The highest BCUT2D eigenvalue weighted by atomic mass is 32.1. The number of hydrogen-bond acceptors (Lipinski definition) is 4. The first-order chi connectivity index (χ1) is 6.84. The molecule has 2 N–H and O–H groups in total. The molecular weight excluding hydrogens is 210 g/mol. The number of thiol groups is 1. The topological polar surface area (TPSA) is 43.7 Å². The van der Waals surface area contributed by atoms with Crippen LogP contribution in [0.25, 0.3) is 0 Å². The zero-order valence-corrected chi connectivity index (χ0v) is 10.7. The van der Waals surface area contributed by atoms with Crippen LogP contribution in [0.15, 0.2) is 0 Å².